The predicted octanol–water partition coefficient (Wildman–Crippen LogP) is 2.94. The van der Waals surface area contributed by atoms with Crippen LogP contribution < -0.4 is 16.4 Å². The second-order valence-electron chi connectivity index (χ2n) is 8.90. The van der Waals surface area contributed by atoms with Crippen molar-refractivity contribution in [2.75, 3.05) is 17.2 Å². The lowest BCUT2D eigenvalue weighted by molar-refractivity contribution is -0.174. The molecule has 2 bridgehead atoms. The molecule has 4 aliphatic carbocycles. The molecule has 1 heterocycles. The number of primary amides is 1. The molecule has 7 heteroatoms. The van der Waals surface area contributed by atoms with E-state index in [-0.39, 0.29) is 5.54 Å². The molecule has 1 atom stereocenters. The summed E-state index contributed by atoms with van der Waals surface area (Å²) in [5, 5.41) is 6.97. The number of aromatic nitrogens is 2. The maximum atomic E-state index is 11.8. The van der Waals surface area contributed by atoms with Crippen molar-refractivity contribution in [3.05, 3.63) is 11.8 Å². The maximum Gasteiger partial charge on any atom is 0.254 e. The number of rotatable bonds is 7. The van der Waals surface area contributed by atoms with Crippen molar-refractivity contribution in [1.29, 1.82) is 0 Å². The summed E-state index contributed by atoms with van der Waals surface area (Å²) in [5.74, 6) is 1.21. The third kappa shape index (κ3) is 3.16. The Bertz CT molecular complexity index is 723. The fraction of sp³-hybridized carbons (Fsp3) is 0.750. The molecule has 7 nitrogen and oxygen atoms in total. The molecule has 148 valence electrons. The smallest absolute Gasteiger partial charge is 0.254 e. The summed E-state index contributed by atoms with van der Waals surface area (Å²) >= 11 is 0. The molecule has 4 aliphatic rings. The van der Waals surface area contributed by atoms with E-state index >= 15 is 0 Å². The minimum atomic E-state index is -0.494. The molecule has 0 spiro atoms. The summed E-state index contributed by atoms with van der Waals surface area (Å²) in [4.78, 5) is 20.8. The van der Waals surface area contributed by atoms with Gasteiger partial charge < -0.3 is 21.1 Å². The first kappa shape index (κ1) is 18.5. The normalized spacial score (nSPS) is 37.1. The minimum absolute atomic E-state index is 0.0557. The fourth-order valence-corrected chi connectivity index (χ4v) is 5.36. The van der Waals surface area contributed by atoms with Crippen LogP contribution in [0, 0.1) is 11.3 Å². The standard InChI is InChI=1S/C20H31N5O2/c1-4-27-14-7-5-13(6-8-14)23-18-22-9-15(16(21)26)17(24-18)25-20-10-19(3,11-20)12(20)2/h9,12-14H,4-8,10-11H2,1-3H3,(H2,21,26)(H2,22,23,24,25)/t12-,13-,14-,19?,20?/m0/s1. The van der Waals surface area contributed by atoms with E-state index in [2.05, 4.69) is 34.4 Å². The van der Waals surface area contributed by atoms with Crippen LogP contribution in [0.15, 0.2) is 6.20 Å². The Morgan fingerprint density at radius 2 is 2.04 bits per heavy atom. The SMILES string of the molecule is CCO[C@H]1CC[C@H](Nc2ncc(C(N)=O)c(NC34CC(C)(C3)[C@@H]4C)n2)CC1. The summed E-state index contributed by atoms with van der Waals surface area (Å²) in [7, 11) is 0. The number of nitrogens with one attached hydrogen (secondary N) is 2. The Labute approximate surface area is 160 Å². The van der Waals surface area contributed by atoms with Gasteiger partial charge >= 0.3 is 0 Å². The number of anilines is 2. The van der Waals surface area contributed by atoms with Crippen LogP contribution >= 0.6 is 0 Å². The van der Waals surface area contributed by atoms with Crippen LogP contribution in [-0.4, -0.2) is 40.2 Å². The minimum Gasteiger partial charge on any atom is -0.379 e. The fourth-order valence-electron chi connectivity index (χ4n) is 5.36. The Hall–Kier alpha value is -1.89. The number of hydrogen-bond acceptors (Lipinski definition) is 6. The van der Waals surface area contributed by atoms with Gasteiger partial charge in [-0.05, 0) is 56.8 Å². The Morgan fingerprint density at radius 1 is 1.33 bits per heavy atom. The van der Waals surface area contributed by atoms with Crippen molar-refractivity contribution in [3.8, 4) is 0 Å². The van der Waals surface area contributed by atoms with E-state index in [9.17, 15) is 4.79 Å². The van der Waals surface area contributed by atoms with Crippen molar-refractivity contribution in [1.82, 2.24) is 9.97 Å². The first-order chi connectivity index (χ1) is 12.8. The maximum absolute atomic E-state index is 11.8. The molecule has 4 fully saturated rings. The summed E-state index contributed by atoms with van der Waals surface area (Å²) in [6, 6.07) is 0.335. The molecule has 0 unspecified atom stereocenters. The second-order valence-corrected chi connectivity index (χ2v) is 8.90. The van der Waals surface area contributed by atoms with Crippen LogP contribution in [-0.2, 0) is 4.74 Å². The summed E-state index contributed by atoms with van der Waals surface area (Å²) in [6.07, 6.45) is 8.33. The number of ether oxygens (including phenoxy) is 1. The molecule has 5 rings (SSSR count). The zero-order valence-corrected chi connectivity index (χ0v) is 16.5. The topological polar surface area (TPSA) is 102 Å². The highest BCUT2D eigenvalue weighted by Crippen LogP contribution is 2.71. The van der Waals surface area contributed by atoms with Crippen LogP contribution in [0.4, 0.5) is 11.8 Å². The lowest BCUT2D eigenvalue weighted by Gasteiger charge is -2.75. The summed E-state index contributed by atoms with van der Waals surface area (Å²) in [6.45, 7) is 7.40. The molecular formula is C20H31N5O2. The van der Waals surface area contributed by atoms with Gasteiger partial charge in [0, 0.05) is 24.4 Å². The number of nitrogens with two attached hydrogens (primary N) is 1. The third-order valence-corrected chi connectivity index (χ3v) is 7.14. The molecule has 0 saturated heterocycles. The highest BCUT2D eigenvalue weighted by molar-refractivity contribution is 5.97. The van der Waals surface area contributed by atoms with E-state index in [1.807, 2.05) is 6.92 Å². The summed E-state index contributed by atoms with van der Waals surface area (Å²) in [5.41, 5.74) is 6.41. The van der Waals surface area contributed by atoms with Gasteiger partial charge in [0.1, 0.15) is 5.82 Å². The first-order valence-corrected chi connectivity index (χ1v) is 10.2. The Kier molecular flexibility index (Phi) is 4.53. The van der Waals surface area contributed by atoms with Crippen molar-refractivity contribution < 1.29 is 9.53 Å². The lowest BCUT2D eigenvalue weighted by Crippen LogP contribution is -2.76. The number of carbonyl (C=O) groups is 1. The highest BCUT2D eigenvalue weighted by atomic mass is 16.5. The highest BCUT2D eigenvalue weighted by Gasteiger charge is 2.71. The van der Waals surface area contributed by atoms with E-state index in [0.717, 1.165) is 45.1 Å². The molecule has 0 aromatic carbocycles. The molecule has 4 saturated carbocycles. The van der Waals surface area contributed by atoms with E-state index in [4.69, 9.17) is 10.5 Å². The van der Waals surface area contributed by atoms with Gasteiger partial charge in [0.25, 0.3) is 5.91 Å². The van der Waals surface area contributed by atoms with Crippen molar-refractivity contribution in [2.45, 2.75) is 77.0 Å². The Morgan fingerprint density at radius 3 is 2.59 bits per heavy atom. The van der Waals surface area contributed by atoms with Crippen molar-refractivity contribution >= 4 is 17.7 Å². The van der Waals surface area contributed by atoms with Crippen LogP contribution in [0.1, 0.15) is 69.7 Å². The number of amides is 1. The van der Waals surface area contributed by atoms with E-state index < -0.39 is 5.91 Å². The largest absolute Gasteiger partial charge is 0.379 e. The number of nitrogens with zero attached hydrogens (tertiary/aromatic N) is 2. The average molecular weight is 374 g/mol. The third-order valence-electron chi connectivity index (χ3n) is 7.14. The van der Waals surface area contributed by atoms with Crippen LogP contribution in [0.25, 0.3) is 0 Å². The van der Waals surface area contributed by atoms with Gasteiger partial charge in [-0.3, -0.25) is 4.79 Å². The van der Waals surface area contributed by atoms with Crippen molar-refractivity contribution in [3.63, 3.8) is 0 Å². The molecular weight excluding hydrogens is 342 g/mol. The molecule has 27 heavy (non-hydrogen) atoms. The summed E-state index contributed by atoms with van der Waals surface area (Å²) < 4.78 is 5.72. The van der Waals surface area contributed by atoms with Gasteiger partial charge in [0.05, 0.1) is 11.7 Å². The van der Waals surface area contributed by atoms with Gasteiger partial charge in [-0.15, -0.1) is 0 Å². The van der Waals surface area contributed by atoms with E-state index in [1.165, 1.54) is 0 Å². The molecule has 1 aromatic rings. The molecule has 1 amide bonds. The van der Waals surface area contributed by atoms with Gasteiger partial charge in [-0.25, -0.2) is 4.98 Å². The molecule has 1 aromatic heterocycles. The van der Waals surface area contributed by atoms with Gasteiger partial charge in [0.15, 0.2) is 0 Å². The zero-order chi connectivity index (χ0) is 19.2. The van der Waals surface area contributed by atoms with Gasteiger partial charge in [0.2, 0.25) is 5.95 Å². The predicted molar refractivity (Wildman–Crippen MR) is 105 cm³/mol. The van der Waals surface area contributed by atoms with E-state index in [1.54, 1.807) is 6.20 Å². The second kappa shape index (κ2) is 6.62. The van der Waals surface area contributed by atoms with Gasteiger partial charge in [-0.1, -0.05) is 13.8 Å². The number of hydrogen-bond donors (Lipinski definition) is 3. The lowest BCUT2D eigenvalue weighted by atomic mass is 9.34. The van der Waals surface area contributed by atoms with Crippen molar-refractivity contribution in [2.24, 2.45) is 17.1 Å². The monoisotopic (exact) mass is 373 g/mol. The number of carbonyl (C=O) groups excluding carboxylic acids is 1. The van der Waals surface area contributed by atoms with Crippen LogP contribution in [0.5, 0.6) is 0 Å². The van der Waals surface area contributed by atoms with Gasteiger partial charge in [-0.2, -0.15) is 4.98 Å². The van der Waals surface area contributed by atoms with E-state index in [0.29, 0.717) is 40.8 Å². The molecule has 4 N–H and O–H groups in total. The molecule has 0 radical (unpaired) electrons. The quantitative estimate of drug-likeness (QED) is 0.679. The average Bonchev–Trinajstić information content (AvgIpc) is 2.63. The first-order valence-electron chi connectivity index (χ1n) is 10.2. The van der Waals surface area contributed by atoms with Crippen LogP contribution in [0.2, 0.25) is 0 Å². The molecule has 0 aliphatic heterocycles. The zero-order valence-electron chi connectivity index (χ0n) is 16.5. The van der Waals surface area contributed by atoms with Crippen LogP contribution in [0.3, 0.4) is 0 Å². The Balaban J connectivity index is 1.44.